The molecule has 1 aliphatic rings. The third-order valence-corrected chi connectivity index (χ3v) is 4.95. The highest BCUT2D eigenvalue weighted by molar-refractivity contribution is 5.95. The van der Waals surface area contributed by atoms with E-state index in [2.05, 4.69) is 44.3 Å². The number of aryl methyl sites for hydroxylation is 2. The Balaban J connectivity index is 1.81. The number of nitrogens with zero attached hydrogens (tertiary/aromatic N) is 4. The number of fused-ring (bicyclic) bond motifs is 5. The van der Waals surface area contributed by atoms with Gasteiger partial charge in [0.05, 0.1) is 28.8 Å². The molecule has 1 aliphatic heterocycles. The zero-order chi connectivity index (χ0) is 18.4. The van der Waals surface area contributed by atoms with Crippen molar-refractivity contribution in [3.8, 4) is 33.9 Å². The van der Waals surface area contributed by atoms with E-state index in [-0.39, 0.29) is 0 Å². The number of H-pyrrole nitrogens is 2. The second-order valence-electron chi connectivity index (χ2n) is 6.49. The second-order valence-corrected chi connectivity index (χ2v) is 6.49. The van der Waals surface area contributed by atoms with Gasteiger partial charge in [0.1, 0.15) is 17.3 Å². The molecule has 0 bridgehead atoms. The summed E-state index contributed by atoms with van der Waals surface area (Å²) >= 11 is 0. The van der Waals surface area contributed by atoms with Gasteiger partial charge in [-0.1, -0.05) is 13.8 Å². The summed E-state index contributed by atoms with van der Waals surface area (Å²) in [5, 5.41) is 11.0. The van der Waals surface area contributed by atoms with Crippen LogP contribution in [0.2, 0.25) is 0 Å². The van der Waals surface area contributed by atoms with E-state index >= 15 is 0 Å². The molecule has 5 heterocycles. The van der Waals surface area contributed by atoms with Crippen molar-refractivity contribution in [3.63, 3.8) is 0 Å². The highest BCUT2D eigenvalue weighted by atomic mass is 15.1. The van der Waals surface area contributed by atoms with Crippen LogP contribution in [0.5, 0.6) is 0 Å². The largest absolute Gasteiger partial charge is 0.338 e. The van der Waals surface area contributed by atoms with Crippen molar-refractivity contribution in [1.82, 2.24) is 30.1 Å². The third-order valence-electron chi connectivity index (χ3n) is 4.95. The predicted octanol–water partition coefficient (Wildman–Crippen LogP) is 4.11. The summed E-state index contributed by atoms with van der Waals surface area (Å²) in [6, 6.07) is 5.96. The van der Waals surface area contributed by atoms with Crippen molar-refractivity contribution in [2.75, 3.05) is 5.32 Å². The van der Waals surface area contributed by atoms with E-state index in [1.807, 2.05) is 24.4 Å². The normalized spacial score (nSPS) is 11.9. The van der Waals surface area contributed by atoms with Gasteiger partial charge in [-0.05, 0) is 31.0 Å². The van der Waals surface area contributed by atoms with Gasteiger partial charge in [0.2, 0.25) is 0 Å². The van der Waals surface area contributed by atoms with Gasteiger partial charge in [0.25, 0.3) is 0 Å². The number of rotatable bonds is 3. The summed E-state index contributed by atoms with van der Waals surface area (Å²) in [6.45, 7) is 4.23. The Morgan fingerprint density at radius 1 is 1.04 bits per heavy atom. The van der Waals surface area contributed by atoms with Gasteiger partial charge in [0, 0.05) is 29.2 Å². The summed E-state index contributed by atoms with van der Waals surface area (Å²) in [4.78, 5) is 17.3. The van der Waals surface area contributed by atoms with E-state index in [9.17, 15) is 0 Å². The standard InChI is InChI=1S/C20H19N7/c1-3-13-16(14(4-2)27-26-13)20-24-17-11-7-9-21-10-15(11)23-19-12(18(17)25-20)6-5-8-22-19/h5-10H,3-4H2,1-2H3,(H,22,23)(H,24,25)(H,26,27). The van der Waals surface area contributed by atoms with Gasteiger partial charge in [-0.2, -0.15) is 5.10 Å². The monoisotopic (exact) mass is 357 g/mol. The van der Waals surface area contributed by atoms with Crippen molar-refractivity contribution < 1.29 is 0 Å². The number of anilines is 2. The lowest BCUT2D eigenvalue weighted by molar-refractivity contribution is 0.936. The van der Waals surface area contributed by atoms with Crippen LogP contribution in [-0.4, -0.2) is 30.1 Å². The van der Waals surface area contributed by atoms with E-state index in [0.717, 1.165) is 69.6 Å². The summed E-state index contributed by atoms with van der Waals surface area (Å²) in [6.07, 6.45) is 7.10. The molecule has 0 spiro atoms. The van der Waals surface area contributed by atoms with E-state index in [1.165, 1.54) is 0 Å². The van der Waals surface area contributed by atoms with Gasteiger partial charge < -0.3 is 10.3 Å². The minimum atomic E-state index is 0.780. The lowest BCUT2D eigenvalue weighted by atomic mass is 10.1. The lowest BCUT2D eigenvalue weighted by Crippen LogP contribution is -1.96. The molecule has 0 unspecified atom stereocenters. The smallest absolute Gasteiger partial charge is 0.142 e. The minimum Gasteiger partial charge on any atom is -0.338 e. The number of hydrogen-bond donors (Lipinski definition) is 3. The van der Waals surface area contributed by atoms with Crippen LogP contribution in [0.1, 0.15) is 25.2 Å². The number of aromatic nitrogens is 6. The van der Waals surface area contributed by atoms with Crippen LogP contribution in [0.25, 0.3) is 33.9 Å². The fourth-order valence-corrected chi connectivity index (χ4v) is 3.63. The Morgan fingerprint density at radius 3 is 2.81 bits per heavy atom. The molecule has 0 radical (unpaired) electrons. The number of hydrogen-bond acceptors (Lipinski definition) is 5. The molecule has 0 atom stereocenters. The van der Waals surface area contributed by atoms with Crippen molar-refractivity contribution in [3.05, 3.63) is 48.2 Å². The van der Waals surface area contributed by atoms with Crippen molar-refractivity contribution in [2.45, 2.75) is 26.7 Å². The SMILES string of the molecule is CCc1n[nH]c(CC)c1-c1nc2c([nH]1)-c1ccncc1Nc1ncccc1-2. The molecule has 0 saturated carbocycles. The number of imidazole rings is 1. The van der Waals surface area contributed by atoms with Gasteiger partial charge in [0.15, 0.2) is 0 Å². The molecule has 3 N–H and O–H groups in total. The Kier molecular flexibility index (Phi) is 3.53. The molecule has 27 heavy (non-hydrogen) atoms. The Labute approximate surface area is 156 Å². The maximum absolute atomic E-state index is 4.99. The summed E-state index contributed by atoms with van der Waals surface area (Å²) < 4.78 is 0. The van der Waals surface area contributed by atoms with Gasteiger partial charge >= 0.3 is 0 Å². The van der Waals surface area contributed by atoms with Gasteiger partial charge in [-0.25, -0.2) is 9.97 Å². The lowest BCUT2D eigenvalue weighted by Gasteiger charge is -2.08. The maximum atomic E-state index is 4.99. The molecular formula is C20H19N7. The first-order valence-electron chi connectivity index (χ1n) is 9.13. The van der Waals surface area contributed by atoms with Crippen LogP contribution in [0.3, 0.4) is 0 Å². The van der Waals surface area contributed by atoms with Crippen LogP contribution in [-0.2, 0) is 12.8 Å². The average molecular weight is 357 g/mol. The molecule has 7 heteroatoms. The number of aromatic amines is 2. The van der Waals surface area contributed by atoms with Gasteiger partial charge in [-0.3, -0.25) is 10.1 Å². The highest BCUT2D eigenvalue weighted by Crippen LogP contribution is 2.43. The second kappa shape index (κ2) is 6.05. The molecule has 0 aromatic carbocycles. The van der Waals surface area contributed by atoms with E-state index in [4.69, 9.17) is 4.98 Å². The van der Waals surface area contributed by atoms with Crippen LogP contribution in [0.4, 0.5) is 11.5 Å². The number of nitrogens with one attached hydrogen (secondary N) is 3. The Hall–Kier alpha value is -3.48. The first-order chi connectivity index (χ1) is 13.3. The Morgan fingerprint density at radius 2 is 1.96 bits per heavy atom. The van der Waals surface area contributed by atoms with Gasteiger partial charge in [-0.15, -0.1) is 0 Å². The summed E-state index contributed by atoms with van der Waals surface area (Å²) in [7, 11) is 0. The van der Waals surface area contributed by atoms with Crippen LogP contribution < -0.4 is 5.32 Å². The van der Waals surface area contributed by atoms with Crippen molar-refractivity contribution in [2.24, 2.45) is 0 Å². The van der Waals surface area contributed by atoms with E-state index < -0.39 is 0 Å². The fraction of sp³-hybridized carbons (Fsp3) is 0.200. The highest BCUT2D eigenvalue weighted by Gasteiger charge is 2.26. The molecule has 5 rings (SSSR count). The maximum Gasteiger partial charge on any atom is 0.142 e. The predicted molar refractivity (Wildman–Crippen MR) is 105 cm³/mol. The summed E-state index contributed by atoms with van der Waals surface area (Å²) in [5.41, 5.74) is 7.93. The topological polar surface area (TPSA) is 95.2 Å². The molecule has 0 aliphatic carbocycles. The molecule has 4 aromatic rings. The zero-order valence-electron chi connectivity index (χ0n) is 15.2. The molecular weight excluding hydrogens is 338 g/mol. The molecule has 0 fully saturated rings. The van der Waals surface area contributed by atoms with Crippen LogP contribution in [0, 0.1) is 0 Å². The molecule has 0 amide bonds. The van der Waals surface area contributed by atoms with Crippen LogP contribution in [0.15, 0.2) is 36.8 Å². The van der Waals surface area contributed by atoms with E-state index in [0.29, 0.717) is 0 Å². The molecule has 7 nitrogen and oxygen atoms in total. The summed E-state index contributed by atoms with van der Waals surface area (Å²) in [5.74, 6) is 1.61. The molecule has 134 valence electrons. The molecule has 0 saturated heterocycles. The zero-order valence-corrected chi connectivity index (χ0v) is 15.2. The van der Waals surface area contributed by atoms with Crippen molar-refractivity contribution in [1.29, 1.82) is 0 Å². The van der Waals surface area contributed by atoms with E-state index in [1.54, 1.807) is 12.4 Å². The fourth-order valence-electron chi connectivity index (χ4n) is 3.63. The first-order valence-corrected chi connectivity index (χ1v) is 9.13. The average Bonchev–Trinajstić information content (AvgIpc) is 3.29. The third kappa shape index (κ3) is 2.35. The number of pyridine rings is 2. The van der Waals surface area contributed by atoms with Crippen molar-refractivity contribution >= 4 is 11.5 Å². The molecule has 4 aromatic heterocycles. The Bertz CT molecular complexity index is 1050. The quantitative estimate of drug-likeness (QED) is 0.452. The first kappa shape index (κ1) is 15.7. The minimum absolute atomic E-state index is 0.780. The van der Waals surface area contributed by atoms with Crippen LogP contribution >= 0.6 is 0 Å².